The molecule has 1 aliphatic rings. The highest BCUT2D eigenvalue weighted by atomic mass is 35.5. The van der Waals surface area contributed by atoms with E-state index >= 15 is 0 Å². The van der Waals surface area contributed by atoms with Gasteiger partial charge in [0.1, 0.15) is 0 Å². The van der Waals surface area contributed by atoms with Gasteiger partial charge in [0.05, 0.1) is 17.6 Å². The van der Waals surface area contributed by atoms with E-state index in [0.29, 0.717) is 25.2 Å². The third-order valence-electron chi connectivity index (χ3n) is 4.32. The number of methoxy groups -OCH3 is 1. The van der Waals surface area contributed by atoms with Gasteiger partial charge < -0.3 is 10.5 Å². The number of ether oxygens (including phenoxy) is 1. The van der Waals surface area contributed by atoms with Crippen LogP contribution in [0.3, 0.4) is 0 Å². The molecule has 0 amide bonds. The molecular weight excluding hydrogens is 340 g/mol. The Morgan fingerprint density at radius 2 is 2.09 bits per heavy atom. The van der Waals surface area contributed by atoms with Crippen LogP contribution in [0.2, 0.25) is 0 Å². The van der Waals surface area contributed by atoms with Gasteiger partial charge in [-0.05, 0) is 43.0 Å². The number of benzene rings is 1. The molecule has 1 atom stereocenters. The Morgan fingerprint density at radius 3 is 2.61 bits per heavy atom. The largest absolute Gasteiger partial charge is 0.465 e. The summed E-state index contributed by atoms with van der Waals surface area (Å²) >= 11 is 0. The summed E-state index contributed by atoms with van der Waals surface area (Å²) in [6.07, 6.45) is 0.735. The van der Waals surface area contributed by atoms with Gasteiger partial charge in [-0.25, -0.2) is 13.2 Å². The number of esters is 1. The average Bonchev–Trinajstić information content (AvgIpc) is 2.90. The van der Waals surface area contributed by atoms with Crippen LogP contribution in [0.1, 0.15) is 29.3 Å². The molecule has 23 heavy (non-hydrogen) atoms. The maximum atomic E-state index is 12.9. The molecule has 0 aromatic heterocycles. The van der Waals surface area contributed by atoms with Crippen molar-refractivity contribution in [2.45, 2.75) is 25.2 Å². The van der Waals surface area contributed by atoms with Gasteiger partial charge in [-0.15, -0.1) is 12.4 Å². The molecule has 1 aromatic rings. The van der Waals surface area contributed by atoms with E-state index in [9.17, 15) is 13.2 Å². The van der Waals surface area contributed by atoms with Crippen molar-refractivity contribution < 1.29 is 17.9 Å². The van der Waals surface area contributed by atoms with Crippen molar-refractivity contribution in [2.24, 2.45) is 11.1 Å². The number of nitrogens with zero attached hydrogens (tertiary/aromatic N) is 1. The van der Waals surface area contributed by atoms with Gasteiger partial charge >= 0.3 is 5.97 Å². The van der Waals surface area contributed by atoms with Gasteiger partial charge in [0.15, 0.2) is 0 Å². The summed E-state index contributed by atoms with van der Waals surface area (Å²) in [5.74, 6) is -0.539. The minimum absolute atomic E-state index is 0. The number of hydrogen-bond acceptors (Lipinski definition) is 5. The Labute approximate surface area is 143 Å². The molecule has 2 rings (SSSR count). The van der Waals surface area contributed by atoms with Gasteiger partial charge in [0.2, 0.25) is 10.0 Å². The molecule has 0 aliphatic carbocycles. The molecule has 8 heteroatoms. The van der Waals surface area contributed by atoms with Gasteiger partial charge in [-0.1, -0.05) is 13.0 Å². The zero-order valence-corrected chi connectivity index (χ0v) is 15.2. The molecular formula is C15H23ClN2O4S. The quantitative estimate of drug-likeness (QED) is 0.821. The number of rotatable bonds is 4. The highest BCUT2D eigenvalue weighted by Gasteiger charge is 2.39. The van der Waals surface area contributed by atoms with Crippen LogP contribution in [-0.2, 0) is 14.8 Å². The number of carbonyl (C=O) groups excluding carboxylic acids is 1. The van der Waals surface area contributed by atoms with Crippen LogP contribution in [-0.4, -0.2) is 45.4 Å². The van der Waals surface area contributed by atoms with Crippen molar-refractivity contribution in [1.29, 1.82) is 0 Å². The second-order valence-electron chi connectivity index (χ2n) is 6.02. The van der Waals surface area contributed by atoms with E-state index in [1.807, 2.05) is 6.92 Å². The lowest BCUT2D eigenvalue weighted by atomic mass is 9.90. The van der Waals surface area contributed by atoms with E-state index in [4.69, 9.17) is 10.5 Å². The number of hydrogen-bond donors (Lipinski definition) is 1. The summed E-state index contributed by atoms with van der Waals surface area (Å²) in [4.78, 5) is 11.9. The monoisotopic (exact) mass is 362 g/mol. The summed E-state index contributed by atoms with van der Waals surface area (Å²) in [5.41, 5.74) is 6.23. The van der Waals surface area contributed by atoms with Gasteiger partial charge in [-0.2, -0.15) is 4.31 Å². The van der Waals surface area contributed by atoms with Crippen LogP contribution in [0.25, 0.3) is 0 Å². The summed E-state index contributed by atoms with van der Waals surface area (Å²) in [7, 11) is -2.37. The third kappa shape index (κ3) is 3.68. The summed E-state index contributed by atoms with van der Waals surface area (Å²) in [6, 6.07) is 4.65. The average molecular weight is 363 g/mol. The van der Waals surface area contributed by atoms with Crippen LogP contribution in [0.5, 0.6) is 0 Å². The highest BCUT2D eigenvalue weighted by molar-refractivity contribution is 7.89. The van der Waals surface area contributed by atoms with Crippen molar-refractivity contribution in [1.82, 2.24) is 4.31 Å². The molecule has 1 aromatic carbocycles. The van der Waals surface area contributed by atoms with Crippen molar-refractivity contribution in [2.75, 3.05) is 26.7 Å². The molecule has 6 nitrogen and oxygen atoms in total. The van der Waals surface area contributed by atoms with Crippen molar-refractivity contribution in [3.05, 3.63) is 29.3 Å². The fourth-order valence-corrected chi connectivity index (χ4v) is 4.55. The zero-order valence-electron chi connectivity index (χ0n) is 13.5. The molecule has 2 N–H and O–H groups in total. The Kier molecular flexibility index (Phi) is 6.20. The summed E-state index contributed by atoms with van der Waals surface area (Å²) in [5, 5.41) is 0. The lowest BCUT2D eigenvalue weighted by Gasteiger charge is -2.23. The van der Waals surface area contributed by atoms with Crippen LogP contribution < -0.4 is 5.73 Å². The van der Waals surface area contributed by atoms with Gasteiger partial charge in [0.25, 0.3) is 0 Å². The third-order valence-corrected chi connectivity index (χ3v) is 6.31. The molecule has 1 saturated heterocycles. The molecule has 1 fully saturated rings. The first-order chi connectivity index (χ1) is 10.2. The summed E-state index contributed by atoms with van der Waals surface area (Å²) < 4.78 is 31.9. The minimum Gasteiger partial charge on any atom is -0.465 e. The Morgan fingerprint density at radius 1 is 1.43 bits per heavy atom. The maximum absolute atomic E-state index is 12.9. The first kappa shape index (κ1) is 19.9. The first-order valence-electron chi connectivity index (χ1n) is 7.13. The Bertz CT molecular complexity index is 693. The molecule has 0 spiro atoms. The minimum atomic E-state index is -3.64. The van der Waals surface area contributed by atoms with E-state index in [-0.39, 0.29) is 28.3 Å². The molecule has 1 unspecified atom stereocenters. The molecule has 0 saturated carbocycles. The van der Waals surface area contributed by atoms with E-state index in [2.05, 4.69) is 0 Å². The van der Waals surface area contributed by atoms with Crippen LogP contribution in [0.4, 0.5) is 0 Å². The number of carbonyl (C=O) groups is 1. The normalized spacial score (nSPS) is 21.7. The summed E-state index contributed by atoms with van der Waals surface area (Å²) in [6.45, 7) is 4.89. The predicted molar refractivity (Wildman–Crippen MR) is 90.3 cm³/mol. The number of halogens is 1. The Balaban J connectivity index is 0.00000264. The Hall–Kier alpha value is -1.15. The smallest absolute Gasteiger partial charge is 0.338 e. The number of sulfonamides is 1. The van der Waals surface area contributed by atoms with E-state index < -0.39 is 16.0 Å². The van der Waals surface area contributed by atoms with Gasteiger partial charge in [0, 0.05) is 13.1 Å². The van der Waals surface area contributed by atoms with E-state index in [1.165, 1.54) is 17.5 Å². The second-order valence-corrected chi connectivity index (χ2v) is 7.93. The van der Waals surface area contributed by atoms with E-state index in [0.717, 1.165) is 6.42 Å². The molecule has 1 aliphatic heterocycles. The SMILES string of the molecule is COC(=O)c1cccc(S(=O)(=O)N2CCC(C)(CN)C2)c1C.Cl. The predicted octanol–water partition coefficient (Wildman–Crippen LogP) is 1.56. The first-order valence-corrected chi connectivity index (χ1v) is 8.57. The van der Waals surface area contributed by atoms with Gasteiger partial charge in [-0.3, -0.25) is 0 Å². The standard InChI is InChI=1S/C15H22N2O4S.ClH/c1-11-12(14(18)21-3)5-4-6-13(11)22(19,20)17-8-7-15(2,9-16)10-17;/h4-6H,7-10,16H2,1-3H3;1H. The van der Waals surface area contributed by atoms with Crippen molar-refractivity contribution in [3.63, 3.8) is 0 Å². The number of nitrogens with two attached hydrogens (primary N) is 1. The highest BCUT2D eigenvalue weighted by Crippen LogP contribution is 2.33. The molecule has 0 radical (unpaired) electrons. The molecule has 130 valence electrons. The van der Waals surface area contributed by atoms with Crippen LogP contribution >= 0.6 is 12.4 Å². The van der Waals surface area contributed by atoms with Crippen molar-refractivity contribution >= 4 is 28.4 Å². The second kappa shape index (κ2) is 7.17. The zero-order chi connectivity index (χ0) is 16.5. The fourth-order valence-electron chi connectivity index (χ4n) is 2.71. The fraction of sp³-hybridized carbons (Fsp3) is 0.533. The topological polar surface area (TPSA) is 89.7 Å². The lowest BCUT2D eigenvalue weighted by molar-refractivity contribution is 0.0599. The lowest BCUT2D eigenvalue weighted by Crippen LogP contribution is -2.34. The maximum Gasteiger partial charge on any atom is 0.338 e. The van der Waals surface area contributed by atoms with Crippen LogP contribution in [0.15, 0.2) is 23.1 Å². The van der Waals surface area contributed by atoms with E-state index in [1.54, 1.807) is 19.1 Å². The van der Waals surface area contributed by atoms with Crippen LogP contribution in [0, 0.1) is 12.3 Å². The molecule has 1 heterocycles. The van der Waals surface area contributed by atoms with Crippen molar-refractivity contribution in [3.8, 4) is 0 Å². The molecule has 0 bridgehead atoms.